The lowest BCUT2D eigenvalue weighted by Crippen LogP contribution is -2.53. The molecular weight excluding hydrogens is 377 g/mol. The van der Waals surface area contributed by atoms with Gasteiger partial charge in [-0.15, -0.1) is 0 Å². The first kappa shape index (κ1) is 19.8. The number of hydrogen-bond acceptors (Lipinski definition) is 2. The van der Waals surface area contributed by atoms with Gasteiger partial charge in [0.25, 0.3) is 0 Å². The molecule has 1 saturated heterocycles. The second-order valence-corrected chi connectivity index (χ2v) is 8.09. The van der Waals surface area contributed by atoms with Gasteiger partial charge in [0.2, 0.25) is 5.91 Å². The Morgan fingerprint density at radius 1 is 1.14 bits per heavy atom. The number of piperidine rings is 1. The van der Waals surface area contributed by atoms with Crippen LogP contribution < -0.4 is 4.90 Å². The number of fused-ring (bicyclic) bond motifs is 3. The van der Waals surface area contributed by atoms with Crippen LogP contribution in [-0.2, 0) is 23.9 Å². The molecule has 0 radical (unpaired) electrons. The molecule has 0 N–H and O–H groups in total. The van der Waals surface area contributed by atoms with Gasteiger partial charge in [-0.05, 0) is 55.0 Å². The number of benzene rings is 2. The summed E-state index contributed by atoms with van der Waals surface area (Å²) in [7, 11) is 1.78. The van der Waals surface area contributed by atoms with Crippen molar-refractivity contribution in [1.29, 1.82) is 0 Å². The molecule has 0 saturated carbocycles. The molecule has 2 aliphatic heterocycles. The number of amides is 1. The third-order valence-corrected chi connectivity index (χ3v) is 6.13. The number of halogens is 3. The van der Waals surface area contributed by atoms with Crippen LogP contribution in [0.5, 0.6) is 0 Å². The molecule has 6 heteroatoms. The highest BCUT2D eigenvalue weighted by atomic mass is 19.4. The molecule has 2 aromatic carbocycles. The predicted molar refractivity (Wildman–Crippen MR) is 107 cm³/mol. The Morgan fingerprint density at radius 2 is 1.90 bits per heavy atom. The van der Waals surface area contributed by atoms with Gasteiger partial charge in [-0.3, -0.25) is 4.79 Å². The lowest BCUT2D eigenvalue weighted by Gasteiger charge is -2.46. The third-order valence-electron chi connectivity index (χ3n) is 6.13. The molecule has 0 aliphatic carbocycles. The van der Waals surface area contributed by atoms with E-state index in [-0.39, 0.29) is 17.9 Å². The highest BCUT2D eigenvalue weighted by molar-refractivity contribution is 5.82. The van der Waals surface area contributed by atoms with Crippen molar-refractivity contribution in [2.45, 2.75) is 44.4 Å². The molecule has 29 heavy (non-hydrogen) atoms. The van der Waals surface area contributed by atoms with Crippen molar-refractivity contribution in [3.8, 4) is 0 Å². The summed E-state index contributed by atoms with van der Waals surface area (Å²) in [4.78, 5) is 17.2. The summed E-state index contributed by atoms with van der Waals surface area (Å²) in [6.07, 6.45) is -1.08. The average molecular weight is 402 g/mol. The monoisotopic (exact) mass is 402 g/mol. The van der Waals surface area contributed by atoms with Crippen LogP contribution in [0.15, 0.2) is 48.5 Å². The minimum atomic E-state index is -4.38. The summed E-state index contributed by atoms with van der Waals surface area (Å²) < 4.78 is 39.7. The Bertz CT molecular complexity index is 881. The summed E-state index contributed by atoms with van der Waals surface area (Å²) in [6, 6.07) is 13.8. The Kier molecular flexibility index (Phi) is 5.28. The minimum absolute atomic E-state index is 0.00816. The summed E-state index contributed by atoms with van der Waals surface area (Å²) >= 11 is 0. The lowest BCUT2D eigenvalue weighted by atomic mass is 9.79. The fourth-order valence-corrected chi connectivity index (χ4v) is 4.72. The van der Waals surface area contributed by atoms with Gasteiger partial charge < -0.3 is 9.80 Å². The molecule has 1 fully saturated rings. The Hall–Kier alpha value is -2.50. The normalized spacial score (nSPS) is 21.3. The maximum Gasteiger partial charge on any atom is 0.416 e. The summed E-state index contributed by atoms with van der Waals surface area (Å²) in [5, 5.41) is 0. The predicted octanol–water partition coefficient (Wildman–Crippen LogP) is 4.90. The van der Waals surface area contributed by atoms with E-state index in [4.69, 9.17) is 0 Å². The van der Waals surface area contributed by atoms with Crippen molar-refractivity contribution in [2.75, 3.05) is 18.5 Å². The average Bonchev–Trinajstić information content (AvgIpc) is 2.72. The first-order chi connectivity index (χ1) is 13.8. The van der Waals surface area contributed by atoms with Gasteiger partial charge in [-0.25, -0.2) is 0 Å². The van der Waals surface area contributed by atoms with E-state index in [0.717, 1.165) is 43.1 Å². The maximum absolute atomic E-state index is 13.3. The second-order valence-electron chi connectivity index (χ2n) is 8.09. The summed E-state index contributed by atoms with van der Waals surface area (Å²) in [6.45, 7) is 1.29. The third kappa shape index (κ3) is 3.98. The molecule has 0 aromatic heterocycles. The number of nitrogens with zero attached hydrogens (tertiary/aromatic N) is 2. The SMILES string of the molecule is CN(Cc1ccccc1)C(=O)C1Cc2cc(C(F)(F)F)ccc2N2CCCCC12. The van der Waals surface area contributed by atoms with E-state index in [9.17, 15) is 18.0 Å². The molecule has 4 rings (SSSR count). The van der Waals surface area contributed by atoms with Crippen molar-refractivity contribution < 1.29 is 18.0 Å². The number of rotatable bonds is 3. The van der Waals surface area contributed by atoms with Crippen LogP contribution >= 0.6 is 0 Å². The number of anilines is 1. The van der Waals surface area contributed by atoms with E-state index >= 15 is 0 Å². The van der Waals surface area contributed by atoms with Crippen LogP contribution in [0.1, 0.15) is 36.0 Å². The quantitative estimate of drug-likeness (QED) is 0.729. The van der Waals surface area contributed by atoms with Crippen LogP contribution in [0, 0.1) is 5.92 Å². The fourth-order valence-electron chi connectivity index (χ4n) is 4.72. The van der Waals surface area contributed by atoms with E-state index in [0.29, 0.717) is 18.5 Å². The van der Waals surface area contributed by atoms with Crippen molar-refractivity contribution in [3.63, 3.8) is 0 Å². The molecule has 1 amide bonds. The van der Waals surface area contributed by atoms with E-state index in [2.05, 4.69) is 4.90 Å². The zero-order valence-electron chi connectivity index (χ0n) is 16.5. The van der Waals surface area contributed by atoms with Gasteiger partial charge in [0.15, 0.2) is 0 Å². The summed E-state index contributed by atoms with van der Waals surface area (Å²) in [5.74, 6) is -0.311. The molecule has 2 heterocycles. The zero-order chi connectivity index (χ0) is 20.6. The standard InChI is InChI=1S/C23H25F3N2O/c1-27(15-16-7-3-2-4-8-16)22(29)19-14-17-13-18(23(24,25)26)10-11-20(17)28-12-6-5-9-21(19)28/h2-4,7-8,10-11,13,19,21H,5-6,9,12,14-15H2,1H3. The lowest BCUT2D eigenvalue weighted by molar-refractivity contribution is -0.137. The number of carbonyl (C=O) groups excluding carboxylic acids is 1. The molecule has 3 nitrogen and oxygen atoms in total. The van der Waals surface area contributed by atoms with E-state index in [1.54, 1.807) is 18.0 Å². The van der Waals surface area contributed by atoms with Crippen molar-refractivity contribution in [2.24, 2.45) is 5.92 Å². The Morgan fingerprint density at radius 3 is 2.62 bits per heavy atom. The topological polar surface area (TPSA) is 23.6 Å². The van der Waals surface area contributed by atoms with Gasteiger partial charge >= 0.3 is 6.18 Å². The highest BCUT2D eigenvalue weighted by Crippen LogP contribution is 2.41. The highest BCUT2D eigenvalue weighted by Gasteiger charge is 2.41. The van der Waals surface area contributed by atoms with Gasteiger partial charge in [0, 0.05) is 31.9 Å². The molecule has 2 aliphatic rings. The smallest absolute Gasteiger partial charge is 0.368 e. The number of alkyl halides is 3. The second kappa shape index (κ2) is 7.73. The van der Waals surface area contributed by atoms with Crippen molar-refractivity contribution >= 4 is 11.6 Å². The van der Waals surface area contributed by atoms with Gasteiger partial charge in [0.05, 0.1) is 11.5 Å². The van der Waals surface area contributed by atoms with Crippen LogP contribution in [0.3, 0.4) is 0 Å². The van der Waals surface area contributed by atoms with Crippen LogP contribution in [0.4, 0.5) is 18.9 Å². The first-order valence-corrected chi connectivity index (χ1v) is 10.1. The van der Waals surface area contributed by atoms with Gasteiger partial charge in [-0.1, -0.05) is 30.3 Å². The van der Waals surface area contributed by atoms with E-state index in [1.165, 1.54) is 6.07 Å². The van der Waals surface area contributed by atoms with E-state index in [1.807, 2.05) is 30.3 Å². The zero-order valence-corrected chi connectivity index (χ0v) is 16.5. The molecular formula is C23H25F3N2O. The van der Waals surface area contributed by atoms with Crippen LogP contribution in [0.2, 0.25) is 0 Å². The molecule has 154 valence electrons. The van der Waals surface area contributed by atoms with Crippen LogP contribution in [0.25, 0.3) is 0 Å². The fraction of sp³-hybridized carbons (Fsp3) is 0.435. The largest absolute Gasteiger partial charge is 0.416 e. The first-order valence-electron chi connectivity index (χ1n) is 10.1. The number of hydrogen-bond donors (Lipinski definition) is 0. The molecule has 2 aromatic rings. The molecule has 0 spiro atoms. The van der Waals surface area contributed by atoms with Crippen molar-refractivity contribution in [3.05, 3.63) is 65.2 Å². The summed E-state index contributed by atoms with van der Waals surface area (Å²) in [5.41, 5.74) is 1.89. The maximum atomic E-state index is 13.3. The van der Waals surface area contributed by atoms with E-state index < -0.39 is 11.7 Å². The number of carbonyl (C=O) groups is 1. The van der Waals surface area contributed by atoms with Crippen molar-refractivity contribution in [1.82, 2.24) is 4.90 Å². The van der Waals surface area contributed by atoms with Gasteiger partial charge in [0.1, 0.15) is 0 Å². The molecule has 2 unspecified atom stereocenters. The molecule has 2 atom stereocenters. The minimum Gasteiger partial charge on any atom is -0.368 e. The molecule has 0 bridgehead atoms. The van der Waals surface area contributed by atoms with Crippen LogP contribution in [-0.4, -0.2) is 30.4 Å². The Balaban J connectivity index is 1.62. The Labute approximate surface area is 169 Å². The van der Waals surface area contributed by atoms with Gasteiger partial charge in [-0.2, -0.15) is 13.2 Å².